The van der Waals surface area contributed by atoms with Crippen LogP contribution in [0.2, 0.25) is 0 Å². The van der Waals surface area contributed by atoms with Gasteiger partial charge in [-0.1, -0.05) is 17.6 Å². The van der Waals surface area contributed by atoms with Gasteiger partial charge in [0.05, 0.1) is 6.61 Å². The van der Waals surface area contributed by atoms with Crippen LogP contribution in [0.1, 0.15) is 0 Å². The second kappa shape index (κ2) is 4.83. The quantitative estimate of drug-likeness (QED) is 0.474. The normalized spacial score (nSPS) is 9.75. The smallest absolute Gasteiger partial charge is 0.118 e. The van der Waals surface area contributed by atoms with E-state index in [9.17, 15) is 0 Å². The first kappa shape index (κ1) is 9.14. The lowest BCUT2D eigenvalue weighted by Crippen LogP contribution is -2.07. The predicted molar refractivity (Wildman–Crippen MR) is 49.2 cm³/mol. The minimum absolute atomic E-state index is 0.556. The zero-order chi connectivity index (χ0) is 8.81. The molecule has 0 N–H and O–H groups in total. The van der Waals surface area contributed by atoms with Crippen molar-refractivity contribution in [2.45, 2.75) is 0 Å². The van der Waals surface area contributed by atoms with Crippen LogP contribution in [0, 0.1) is 0 Å². The second-order valence-corrected chi connectivity index (χ2v) is 2.41. The van der Waals surface area contributed by atoms with Gasteiger partial charge in [-0.05, 0) is 12.1 Å². The molecule has 0 saturated heterocycles. The lowest BCUT2D eigenvalue weighted by atomic mass is 9.96. The van der Waals surface area contributed by atoms with Gasteiger partial charge in [0.2, 0.25) is 0 Å². The summed E-state index contributed by atoms with van der Waals surface area (Å²) in [5.74, 6) is 0.784. The van der Waals surface area contributed by atoms with Crippen LogP contribution in [0.3, 0.4) is 0 Å². The maximum absolute atomic E-state index is 5.55. The van der Waals surface area contributed by atoms with Crippen molar-refractivity contribution in [1.82, 2.24) is 0 Å². The average Bonchev–Trinajstić information content (AvgIpc) is 2.05. The zero-order valence-electron chi connectivity index (χ0n) is 7.12. The molecule has 12 heavy (non-hydrogen) atoms. The Balaban J connectivity index is 2.41. The van der Waals surface area contributed by atoms with E-state index < -0.39 is 0 Å². The van der Waals surface area contributed by atoms with E-state index in [2.05, 4.69) is 0 Å². The molecule has 3 heteroatoms. The summed E-state index contributed by atoms with van der Waals surface area (Å²) in [4.78, 5) is 0. The molecule has 1 aromatic rings. The number of benzene rings is 1. The highest BCUT2D eigenvalue weighted by Crippen LogP contribution is 2.05. The van der Waals surface area contributed by atoms with E-state index in [1.807, 2.05) is 18.2 Å². The molecule has 0 fully saturated rings. The van der Waals surface area contributed by atoms with Gasteiger partial charge < -0.3 is 9.47 Å². The van der Waals surface area contributed by atoms with Crippen molar-refractivity contribution in [3.63, 3.8) is 0 Å². The van der Waals surface area contributed by atoms with E-state index in [0.717, 1.165) is 5.75 Å². The van der Waals surface area contributed by atoms with E-state index in [1.165, 1.54) is 0 Å². The molecule has 0 saturated carbocycles. The number of hydrogen-bond acceptors (Lipinski definition) is 2. The maximum Gasteiger partial charge on any atom is 0.118 e. The molecular weight excluding hydrogens is 151 g/mol. The molecule has 0 heterocycles. The Morgan fingerprint density at radius 2 is 2.17 bits per heavy atom. The predicted octanol–water partition coefficient (Wildman–Crippen LogP) is 0.506. The van der Waals surface area contributed by atoms with Crippen LogP contribution in [-0.4, -0.2) is 28.2 Å². The summed E-state index contributed by atoms with van der Waals surface area (Å²) in [6.45, 7) is 1.15. The van der Waals surface area contributed by atoms with Gasteiger partial charge in [0.1, 0.15) is 20.2 Å². The number of hydrogen-bond donors (Lipinski definition) is 0. The topological polar surface area (TPSA) is 18.5 Å². The summed E-state index contributed by atoms with van der Waals surface area (Å²) in [6.07, 6.45) is 0. The number of ether oxygens (including phenoxy) is 2. The van der Waals surface area contributed by atoms with Gasteiger partial charge in [-0.25, -0.2) is 0 Å². The van der Waals surface area contributed by atoms with Crippen molar-refractivity contribution >= 4 is 13.3 Å². The number of methoxy groups -OCH3 is 1. The van der Waals surface area contributed by atoms with Gasteiger partial charge in [0.25, 0.3) is 0 Å². The average molecular weight is 162 g/mol. The fourth-order valence-corrected chi connectivity index (χ4v) is 0.847. The Morgan fingerprint density at radius 3 is 2.83 bits per heavy atom. The van der Waals surface area contributed by atoms with E-state index >= 15 is 0 Å². The molecule has 1 rings (SSSR count). The third kappa shape index (κ3) is 2.97. The third-order valence-corrected chi connectivity index (χ3v) is 1.41. The summed E-state index contributed by atoms with van der Waals surface area (Å²) in [5, 5.41) is 0. The minimum Gasteiger partial charge on any atom is -0.491 e. The molecule has 2 nitrogen and oxygen atoms in total. The van der Waals surface area contributed by atoms with Crippen LogP contribution < -0.4 is 10.2 Å². The van der Waals surface area contributed by atoms with Crippen molar-refractivity contribution in [3.05, 3.63) is 24.3 Å². The molecule has 0 aromatic heterocycles. The molecule has 0 spiro atoms. The van der Waals surface area contributed by atoms with Crippen molar-refractivity contribution in [3.8, 4) is 5.75 Å². The lowest BCUT2D eigenvalue weighted by molar-refractivity contribution is 0.146. The highest BCUT2D eigenvalue weighted by atomic mass is 16.5. The van der Waals surface area contributed by atoms with E-state index in [4.69, 9.17) is 17.3 Å². The van der Waals surface area contributed by atoms with Crippen molar-refractivity contribution in [2.24, 2.45) is 0 Å². The van der Waals surface area contributed by atoms with Crippen LogP contribution in [0.5, 0.6) is 5.75 Å². The molecule has 0 unspecified atom stereocenters. The SMILES string of the molecule is [B]c1cccc(OCCOC)c1. The third-order valence-electron chi connectivity index (χ3n) is 1.41. The molecular formula is C9H11BO2. The Morgan fingerprint density at radius 1 is 1.33 bits per heavy atom. The molecule has 1 aromatic carbocycles. The molecule has 0 amide bonds. The zero-order valence-corrected chi connectivity index (χ0v) is 7.12. The van der Waals surface area contributed by atoms with Crippen LogP contribution in [0.25, 0.3) is 0 Å². The molecule has 62 valence electrons. The Hall–Kier alpha value is -0.955. The summed E-state index contributed by atoms with van der Waals surface area (Å²) in [6, 6.07) is 7.34. The van der Waals surface area contributed by atoms with Gasteiger partial charge >= 0.3 is 0 Å². The first-order valence-electron chi connectivity index (χ1n) is 3.80. The van der Waals surface area contributed by atoms with E-state index in [-0.39, 0.29) is 0 Å². The molecule has 0 aliphatic rings. The molecule has 0 aliphatic carbocycles. The van der Waals surface area contributed by atoms with Gasteiger partial charge in [-0.3, -0.25) is 0 Å². The van der Waals surface area contributed by atoms with Crippen LogP contribution in [0.15, 0.2) is 24.3 Å². The van der Waals surface area contributed by atoms with Crippen LogP contribution in [-0.2, 0) is 4.74 Å². The Labute approximate surface area is 73.9 Å². The summed E-state index contributed by atoms with van der Waals surface area (Å²) >= 11 is 0. The van der Waals surface area contributed by atoms with Crippen molar-refractivity contribution in [2.75, 3.05) is 20.3 Å². The summed E-state index contributed by atoms with van der Waals surface area (Å²) in [7, 11) is 7.19. The molecule has 0 aliphatic heterocycles. The van der Waals surface area contributed by atoms with Gasteiger partial charge in [0, 0.05) is 7.11 Å². The van der Waals surface area contributed by atoms with Gasteiger partial charge in [-0.15, -0.1) is 0 Å². The largest absolute Gasteiger partial charge is 0.491 e. The van der Waals surface area contributed by atoms with Crippen molar-refractivity contribution < 1.29 is 9.47 Å². The Bertz CT molecular complexity index is 238. The molecule has 0 bridgehead atoms. The highest BCUT2D eigenvalue weighted by Gasteiger charge is 1.91. The van der Waals surface area contributed by atoms with Gasteiger partial charge in [-0.2, -0.15) is 0 Å². The fraction of sp³-hybridized carbons (Fsp3) is 0.333. The number of rotatable bonds is 4. The first-order chi connectivity index (χ1) is 5.83. The standard InChI is InChI=1S/C9H11BO2/c1-11-5-6-12-9-4-2-3-8(10)7-9/h2-4,7H,5-6H2,1H3. The summed E-state index contributed by atoms with van der Waals surface area (Å²) in [5.41, 5.74) is 0.713. The van der Waals surface area contributed by atoms with Crippen LogP contribution in [0.4, 0.5) is 0 Å². The monoisotopic (exact) mass is 162 g/mol. The minimum atomic E-state index is 0.556. The van der Waals surface area contributed by atoms with E-state index in [1.54, 1.807) is 13.2 Å². The Kier molecular flexibility index (Phi) is 3.68. The maximum atomic E-state index is 5.55. The van der Waals surface area contributed by atoms with Crippen LogP contribution >= 0.6 is 0 Å². The second-order valence-electron chi connectivity index (χ2n) is 2.41. The van der Waals surface area contributed by atoms with Gasteiger partial charge in [0.15, 0.2) is 0 Å². The summed E-state index contributed by atoms with van der Waals surface area (Å²) < 4.78 is 10.2. The lowest BCUT2D eigenvalue weighted by Gasteiger charge is -2.05. The molecule has 0 atom stereocenters. The highest BCUT2D eigenvalue weighted by molar-refractivity contribution is 6.32. The fourth-order valence-electron chi connectivity index (χ4n) is 0.847. The molecule has 2 radical (unpaired) electrons. The van der Waals surface area contributed by atoms with Crippen molar-refractivity contribution in [1.29, 1.82) is 0 Å². The first-order valence-corrected chi connectivity index (χ1v) is 3.80. The van der Waals surface area contributed by atoms with E-state index in [0.29, 0.717) is 18.7 Å².